The molecule has 2 heterocycles. The molecule has 3 rings (SSSR count). The molecule has 0 fully saturated rings. The van der Waals surface area contributed by atoms with Crippen molar-refractivity contribution in [3.8, 4) is 5.69 Å². The van der Waals surface area contributed by atoms with Crippen molar-refractivity contribution in [3.63, 3.8) is 0 Å². The van der Waals surface area contributed by atoms with Crippen LogP contribution in [-0.2, 0) is 0 Å². The average Bonchev–Trinajstić information content (AvgIpc) is 2.82. The number of hydrogen-bond donors (Lipinski definition) is 0. The summed E-state index contributed by atoms with van der Waals surface area (Å²) in [6, 6.07) is 6.12. The third-order valence-electron chi connectivity index (χ3n) is 2.20. The summed E-state index contributed by atoms with van der Waals surface area (Å²) in [6.45, 7) is 2.01. The van der Waals surface area contributed by atoms with Crippen LogP contribution in [-0.4, -0.2) is 19.7 Å². The molecule has 5 heteroatoms. The van der Waals surface area contributed by atoms with Gasteiger partial charge in [0.15, 0.2) is 0 Å². The first-order valence-corrected chi connectivity index (χ1v) is 5.37. The van der Waals surface area contributed by atoms with Crippen LogP contribution in [0.25, 0.3) is 15.9 Å². The molecule has 0 aliphatic heterocycles. The highest BCUT2D eigenvalue weighted by Crippen LogP contribution is 2.26. The monoisotopic (exact) mass is 216 g/mol. The molecule has 0 N–H and O–H groups in total. The average molecular weight is 216 g/mol. The van der Waals surface area contributed by atoms with Gasteiger partial charge in [0.2, 0.25) is 0 Å². The summed E-state index contributed by atoms with van der Waals surface area (Å²) < 4.78 is 3.07. The molecule has 1 aromatic carbocycles. The number of fused-ring (bicyclic) bond motifs is 1. The number of aromatic nitrogens is 4. The number of benzene rings is 1. The Morgan fingerprint density at radius 2 is 2.00 bits per heavy atom. The van der Waals surface area contributed by atoms with E-state index in [1.807, 2.05) is 23.6 Å². The van der Waals surface area contributed by atoms with Gasteiger partial charge in [0, 0.05) is 0 Å². The Morgan fingerprint density at radius 3 is 2.80 bits per heavy atom. The lowest BCUT2D eigenvalue weighted by molar-refractivity contribution is 1.06. The standard InChI is InChI=1S/C10H8N4S/c1-7-13-10-8(14-5-11-12-6-14)3-2-4-9(10)15-7/h2-6H,1H3. The van der Waals surface area contributed by atoms with Gasteiger partial charge in [-0.2, -0.15) is 0 Å². The minimum absolute atomic E-state index is 1.01. The zero-order valence-corrected chi connectivity index (χ0v) is 8.90. The summed E-state index contributed by atoms with van der Waals surface area (Å²) in [6.07, 6.45) is 3.37. The highest BCUT2D eigenvalue weighted by atomic mass is 32.1. The molecular formula is C10H8N4S. The van der Waals surface area contributed by atoms with E-state index >= 15 is 0 Å². The lowest BCUT2D eigenvalue weighted by Gasteiger charge is -2.00. The van der Waals surface area contributed by atoms with Gasteiger partial charge in [-0.05, 0) is 19.1 Å². The van der Waals surface area contributed by atoms with Crippen molar-refractivity contribution in [1.29, 1.82) is 0 Å². The van der Waals surface area contributed by atoms with E-state index in [0.29, 0.717) is 0 Å². The fourth-order valence-corrected chi connectivity index (χ4v) is 2.43. The molecule has 0 radical (unpaired) electrons. The molecule has 0 bridgehead atoms. The SMILES string of the molecule is Cc1nc2c(-n3cnnc3)cccc2s1. The fourth-order valence-electron chi connectivity index (χ4n) is 1.58. The maximum atomic E-state index is 4.51. The van der Waals surface area contributed by atoms with Gasteiger partial charge in [-0.15, -0.1) is 21.5 Å². The second kappa shape index (κ2) is 3.13. The van der Waals surface area contributed by atoms with Crippen LogP contribution < -0.4 is 0 Å². The Labute approximate surface area is 90.2 Å². The lowest BCUT2D eigenvalue weighted by Crippen LogP contribution is -1.90. The van der Waals surface area contributed by atoms with Gasteiger partial charge in [0.25, 0.3) is 0 Å². The van der Waals surface area contributed by atoms with E-state index in [-0.39, 0.29) is 0 Å². The molecule has 2 aromatic heterocycles. The third kappa shape index (κ3) is 1.32. The molecular weight excluding hydrogens is 208 g/mol. The molecule has 0 amide bonds. The summed E-state index contributed by atoms with van der Waals surface area (Å²) in [7, 11) is 0. The van der Waals surface area contributed by atoms with Crippen LogP contribution in [0.15, 0.2) is 30.9 Å². The highest BCUT2D eigenvalue weighted by molar-refractivity contribution is 7.18. The second-order valence-electron chi connectivity index (χ2n) is 3.23. The number of thiazole rings is 1. The van der Waals surface area contributed by atoms with Crippen molar-refractivity contribution in [1.82, 2.24) is 19.7 Å². The van der Waals surface area contributed by atoms with Crippen LogP contribution in [0.1, 0.15) is 5.01 Å². The molecule has 0 aliphatic carbocycles. The first-order valence-electron chi connectivity index (χ1n) is 4.56. The van der Waals surface area contributed by atoms with Crippen molar-refractivity contribution in [3.05, 3.63) is 35.9 Å². The molecule has 4 nitrogen and oxygen atoms in total. The zero-order valence-electron chi connectivity index (χ0n) is 8.08. The Morgan fingerprint density at radius 1 is 1.20 bits per heavy atom. The van der Waals surface area contributed by atoms with E-state index in [4.69, 9.17) is 0 Å². The predicted octanol–water partition coefficient (Wildman–Crippen LogP) is 2.19. The molecule has 0 saturated carbocycles. The van der Waals surface area contributed by atoms with E-state index < -0.39 is 0 Å². The van der Waals surface area contributed by atoms with Gasteiger partial charge in [0.05, 0.1) is 15.4 Å². The number of para-hydroxylation sites is 1. The van der Waals surface area contributed by atoms with Crippen LogP contribution in [0.2, 0.25) is 0 Å². The molecule has 0 atom stereocenters. The van der Waals surface area contributed by atoms with E-state index in [0.717, 1.165) is 16.2 Å². The lowest BCUT2D eigenvalue weighted by atomic mass is 10.3. The minimum Gasteiger partial charge on any atom is -0.286 e. The van der Waals surface area contributed by atoms with E-state index in [1.165, 1.54) is 4.70 Å². The first kappa shape index (κ1) is 8.55. The van der Waals surface area contributed by atoms with Crippen LogP contribution >= 0.6 is 11.3 Å². The van der Waals surface area contributed by atoms with Gasteiger partial charge in [0.1, 0.15) is 18.2 Å². The van der Waals surface area contributed by atoms with E-state index in [1.54, 1.807) is 24.0 Å². The highest BCUT2D eigenvalue weighted by Gasteiger charge is 2.06. The summed E-state index contributed by atoms with van der Waals surface area (Å²) in [5.74, 6) is 0. The predicted molar refractivity (Wildman–Crippen MR) is 59.3 cm³/mol. The third-order valence-corrected chi connectivity index (χ3v) is 3.14. The number of nitrogens with zero attached hydrogens (tertiary/aromatic N) is 4. The summed E-state index contributed by atoms with van der Waals surface area (Å²) in [5.41, 5.74) is 2.04. The molecule has 15 heavy (non-hydrogen) atoms. The quantitative estimate of drug-likeness (QED) is 0.626. The van der Waals surface area contributed by atoms with Crippen molar-refractivity contribution in [2.45, 2.75) is 6.92 Å². The van der Waals surface area contributed by atoms with Crippen molar-refractivity contribution < 1.29 is 0 Å². The van der Waals surface area contributed by atoms with Crippen molar-refractivity contribution in [2.75, 3.05) is 0 Å². The van der Waals surface area contributed by atoms with Gasteiger partial charge in [-0.25, -0.2) is 4.98 Å². The largest absolute Gasteiger partial charge is 0.286 e. The normalized spacial score (nSPS) is 11.0. The van der Waals surface area contributed by atoms with E-state index in [9.17, 15) is 0 Å². The molecule has 74 valence electrons. The van der Waals surface area contributed by atoms with Crippen molar-refractivity contribution in [2.24, 2.45) is 0 Å². The smallest absolute Gasteiger partial charge is 0.123 e. The molecule has 0 saturated heterocycles. The number of aryl methyl sites for hydroxylation is 1. The van der Waals surface area contributed by atoms with Crippen molar-refractivity contribution >= 4 is 21.6 Å². The minimum atomic E-state index is 1.01. The number of hydrogen-bond acceptors (Lipinski definition) is 4. The summed E-state index contributed by atoms with van der Waals surface area (Å²) in [5, 5.41) is 8.68. The Bertz CT molecular complexity index is 597. The van der Waals surface area contributed by atoms with Crippen LogP contribution in [0, 0.1) is 6.92 Å². The fraction of sp³-hybridized carbons (Fsp3) is 0.100. The van der Waals surface area contributed by atoms with Crippen LogP contribution in [0.5, 0.6) is 0 Å². The maximum Gasteiger partial charge on any atom is 0.123 e. The topological polar surface area (TPSA) is 43.6 Å². The van der Waals surface area contributed by atoms with Gasteiger partial charge < -0.3 is 0 Å². The van der Waals surface area contributed by atoms with Crippen LogP contribution in [0.4, 0.5) is 0 Å². The van der Waals surface area contributed by atoms with Gasteiger partial charge >= 0.3 is 0 Å². The Hall–Kier alpha value is -1.75. The molecule has 0 aliphatic rings. The number of rotatable bonds is 1. The zero-order chi connectivity index (χ0) is 10.3. The van der Waals surface area contributed by atoms with Gasteiger partial charge in [-0.3, -0.25) is 4.57 Å². The maximum absolute atomic E-state index is 4.51. The second-order valence-corrected chi connectivity index (χ2v) is 4.46. The van der Waals surface area contributed by atoms with Crippen LogP contribution in [0.3, 0.4) is 0 Å². The first-order chi connectivity index (χ1) is 7.34. The van der Waals surface area contributed by atoms with E-state index in [2.05, 4.69) is 21.2 Å². The van der Waals surface area contributed by atoms with Gasteiger partial charge in [-0.1, -0.05) is 6.07 Å². The molecule has 3 aromatic rings. The summed E-state index contributed by atoms with van der Waals surface area (Å²) >= 11 is 1.70. The Balaban J connectivity index is 2.35. The molecule has 0 unspecified atom stereocenters. The summed E-state index contributed by atoms with van der Waals surface area (Å²) in [4.78, 5) is 4.51. The molecule has 0 spiro atoms. The Kier molecular flexibility index (Phi) is 1.78.